The zero-order valence-corrected chi connectivity index (χ0v) is 16.3. The topological polar surface area (TPSA) is 63.5 Å². The number of carboxylic acid groups (broad SMARTS) is 1. The average molecular weight is 399 g/mol. The fourth-order valence-electron chi connectivity index (χ4n) is 3.90. The Morgan fingerprint density at radius 2 is 2.00 bits per heavy atom. The molecule has 2 heterocycles. The molecule has 1 saturated heterocycles. The van der Waals surface area contributed by atoms with Gasteiger partial charge in [0.2, 0.25) is 0 Å². The number of nitrogens with zero attached hydrogens (tertiary/aromatic N) is 1. The van der Waals surface area contributed by atoms with E-state index in [1.807, 2.05) is 53.1 Å². The highest BCUT2D eigenvalue weighted by atomic mass is 35.5. The fourth-order valence-corrected chi connectivity index (χ4v) is 4.02. The third kappa shape index (κ3) is 3.92. The second-order valence-corrected chi connectivity index (χ2v) is 7.56. The van der Waals surface area contributed by atoms with Crippen LogP contribution < -0.4 is 5.32 Å². The summed E-state index contributed by atoms with van der Waals surface area (Å²) in [5, 5.41) is 15.0. The van der Waals surface area contributed by atoms with Crippen LogP contribution in [0.1, 0.15) is 34.5 Å². The first kappa shape index (κ1) is 19.0. The van der Waals surface area contributed by atoms with E-state index in [0.29, 0.717) is 23.8 Å². The molecule has 1 unspecified atom stereocenters. The third-order valence-corrected chi connectivity index (χ3v) is 5.48. The predicted octanol–water partition coefficient (Wildman–Crippen LogP) is 4.31. The zero-order chi connectivity index (χ0) is 19.5. The van der Waals surface area contributed by atoms with Gasteiger partial charge >= 0.3 is 5.97 Å². The van der Waals surface area contributed by atoms with Crippen molar-refractivity contribution in [2.45, 2.75) is 32.0 Å². The van der Waals surface area contributed by atoms with E-state index in [9.17, 15) is 9.90 Å². The molecule has 28 heavy (non-hydrogen) atoms. The smallest absolute Gasteiger partial charge is 0.352 e. The molecule has 0 radical (unpaired) electrons. The first-order chi connectivity index (χ1) is 13.6. The highest BCUT2D eigenvalue weighted by Gasteiger charge is 2.23. The Morgan fingerprint density at radius 1 is 1.21 bits per heavy atom. The lowest BCUT2D eigenvalue weighted by Gasteiger charge is -2.12. The maximum Gasteiger partial charge on any atom is 0.352 e. The van der Waals surface area contributed by atoms with Crippen LogP contribution in [0.25, 0.3) is 10.9 Å². The van der Waals surface area contributed by atoms with E-state index in [4.69, 9.17) is 16.3 Å². The number of para-hydroxylation sites is 1. The van der Waals surface area contributed by atoms with E-state index in [1.54, 1.807) is 0 Å². The molecule has 146 valence electrons. The van der Waals surface area contributed by atoms with E-state index in [1.165, 1.54) is 0 Å². The van der Waals surface area contributed by atoms with Crippen molar-refractivity contribution in [1.82, 2.24) is 9.88 Å². The van der Waals surface area contributed by atoms with E-state index in [-0.39, 0.29) is 6.10 Å². The number of hydrogen-bond acceptors (Lipinski definition) is 3. The number of benzene rings is 2. The lowest BCUT2D eigenvalue weighted by atomic mass is 10.1. The van der Waals surface area contributed by atoms with Crippen molar-refractivity contribution in [3.63, 3.8) is 0 Å². The summed E-state index contributed by atoms with van der Waals surface area (Å²) in [6, 6.07) is 15.4. The Kier molecular flexibility index (Phi) is 5.67. The van der Waals surface area contributed by atoms with Crippen LogP contribution in [-0.2, 0) is 17.8 Å². The van der Waals surface area contributed by atoms with Crippen LogP contribution in [0.4, 0.5) is 0 Å². The van der Waals surface area contributed by atoms with Crippen LogP contribution in [-0.4, -0.2) is 34.9 Å². The number of ether oxygens (including phenoxy) is 1. The number of fused-ring (bicyclic) bond motifs is 1. The second kappa shape index (κ2) is 8.35. The van der Waals surface area contributed by atoms with Crippen LogP contribution in [0.5, 0.6) is 0 Å². The van der Waals surface area contributed by atoms with Gasteiger partial charge in [0.1, 0.15) is 5.69 Å². The quantitative estimate of drug-likeness (QED) is 0.622. The minimum atomic E-state index is -0.918. The van der Waals surface area contributed by atoms with Gasteiger partial charge in [-0.25, -0.2) is 4.79 Å². The number of aromatic carboxylic acids is 1. The summed E-state index contributed by atoms with van der Waals surface area (Å²) in [5.41, 5.74) is 3.07. The molecule has 1 fully saturated rings. The van der Waals surface area contributed by atoms with Crippen molar-refractivity contribution < 1.29 is 14.6 Å². The molecule has 1 aliphatic heterocycles. The number of aromatic nitrogens is 1. The minimum absolute atomic E-state index is 0.218. The van der Waals surface area contributed by atoms with Gasteiger partial charge in [0.15, 0.2) is 0 Å². The van der Waals surface area contributed by atoms with Gasteiger partial charge in [-0.1, -0.05) is 41.9 Å². The molecule has 0 spiro atoms. The van der Waals surface area contributed by atoms with E-state index in [0.717, 1.165) is 48.0 Å². The summed E-state index contributed by atoms with van der Waals surface area (Å²) in [6.45, 7) is 2.52. The van der Waals surface area contributed by atoms with Crippen LogP contribution in [0.3, 0.4) is 0 Å². The molecule has 0 aliphatic carbocycles. The lowest BCUT2D eigenvalue weighted by Crippen LogP contribution is -2.26. The van der Waals surface area contributed by atoms with Gasteiger partial charge in [0.25, 0.3) is 0 Å². The van der Waals surface area contributed by atoms with Gasteiger partial charge in [-0.15, -0.1) is 0 Å². The van der Waals surface area contributed by atoms with Crippen molar-refractivity contribution >= 4 is 28.5 Å². The van der Waals surface area contributed by atoms with E-state index < -0.39 is 5.97 Å². The number of rotatable bonds is 7. The maximum atomic E-state index is 12.2. The van der Waals surface area contributed by atoms with Gasteiger partial charge in [0.05, 0.1) is 6.10 Å². The Bertz CT molecular complexity index is 975. The van der Waals surface area contributed by atoms with Gasteiger partial charge in [-0.3, -0.25) is 0 Å². The normalized spacial score (nSPS) is 16.7. The summed E-state index contributed by atoms with van der Waals surface area (Å²) in [5.74, 6) is -0.918. The Labute approximate surface area is 168 Å². The molecule has 4 rings (SSSR count). The van der Waals surface area contributed by atoms with Crippen LogP contribution in [0.2, 0.25) is 5.02 Å². The third-order valence-electron chi connectivity index (χ3n) is 5.23. The Morgan fingerprint density at radius 3 is 2.71 bits per heavy atom. The molecule has 0 amide bonds. The zero-order valence-electron chi connectivity index (χ0n) is 15.5. The van der Waals surface area contributed by atoms with Crippen molar-refractivity contribution in [3.05, 3.63) is 70.4 Å². The molecule has 1 aromatic heterocycles. The molecular weight excluding hydrogens is 376 g/mol. The number of halogens is 1. The molecule has 3 aromatic rings. The summed E-state index contributed by atoms with van der Waals surface area (Å²) in [6.07, 6.45) is 2.36. The first-order valence-corrected chi connectivity index (χ1v) is 9.91. The van der Waals surface area contributed by atoms with E-state index in [2.05, 4.69) is 5.32 Å². The number of nitrogens with one attached hydrogen (secondary N) is 1. The maximum absolute atomic E-state index is 12.2. The lowest BCUT2D eigenvalue weighted by molar-refractivity contribution is 0.0684. The van der Waals surface area contributed by atoms with Crippen LogP contribution >= 0.6 is 11.6 Å². The van der Waals surface area contributed by atoms with E-state index >= 15 is 0 Å². The number of carboxylic acids is 1. The number of carbonyl (C=O) groups is 1. The minimum Gasteiger partial charge on any atom is -0.477 e. The molecule has 5 nitrogen and oxygen atoms in total. The monoisotopic (exact) mass is 398 g/mol. The molecule has 2 N–H and O–H groups in total. The summed E-state index contributed by atoms with van der Waals surface area (Å²) >= 11 is 5.99. The van der Waals surface area contributed by atoms with Crippen molar-refractivity contribution in [2.24, 2.45) is 0 Å². The standard InChI is InChI=1S/C22H23ClN2O3/c23-16-9-7-15(8-10-16)14-25-20-6-2-1-5-18(20)19(21(25)22(26)27)13-24-12-17-4-3-11-28-17/h1-2,5-10,17,24H,3-4,11-14H2,(H,26,27). The van der Waals surface area contributed by atoms with Gasteiger partial charge < -0.3 is 19.7 Å². The Hall–Kier alpha value is -2.34. The first-order valence-electron chi connectivity index (χ1n) is 9.53. The summed E-state index contributed by atoms with van der Waals surface area (Å²) < 4.78 is 7.53. The molecule has 1 aliphatic rings. The number of hydrogen-bond donors (Lipinski definition) is 2. The largest absolute Gasteiger partial charge is 0.477 e. The highest BCUT2D eigenvalue weighted by Crippen LogP contribution is 2.28. The molecule has 6 heteroatoms. The molecular formula is C22H23ClN2O3. The van der Waals surface area contributed by atoms with Crippen molar-refractivity contribution in [2.75, 3.05) is 13.2 Å². The highest BCUT2D eigenvalue weighted by molar-refractivity contribution is 6.30. The molecule has 0 saturated carbocycles. The summed E-state index contributed by atoms with van der Waals surface area (Å²) in [4.78, 5) is 12.2. The van der Waals surface area contributed by atoms with Crippen molar-refractivity contribution in [3.8, 4) is 0 Å². The molecule has 2 aromatic carbocycles. The predicted molar refractivity (Wildman–Crippen MR) is 110 cm³/mol. The van der Waals surface area contributed by atoms with Gasteiger partial charge in [-0.2, -0.15) is 0 Å². The Balaban J connectivity index is 1.68. The van der Waals surface area contributed by atoms with Crippen LogP contribution in [0.15, 0.2) is 48.5 Å². The average Bonchev–Trinajstić information content (AvgIpc) is 3.31. The van der Waals surface area contributed by atoms with Crippen molar-refractivity contribution in [1.29, 1.82) is 0 Å². The van der Waals surface area contributed by atoms with Gasteiger partial charge in [-0.05, 0) is 36.6 Å². The summed E-state index contributed by atoms with van der Waals surface area (Å²) in [7, 11) is 0. The second-order valence-electron chi connectivity index (χ2n) is 7.13. The van der Waals surface area contributed by atoms with Gasteiger partial charge in [0, 0.05) is 47.7 Å². The van der Waals surface area contributed by atoms with Crippen LogP contribution in [0, 0.1) is 0 Å². The molecule has 1 atom stereocenters. The fraction of sp³-hybridized carbons (Fsp3) is 0.318. The molecule has 0 bridgehead atoms. The SMILES string of the molecule is O=C(O)c1c(CNCC2CCCO2)c2ccccc2n1Cc1ccc(Cl)cc1.